The number of nitrogens with zero attached hydrogens (tertiary/aromatic N) is 3. The van der Waals surface area contributed by atoms with Gasteiger partial charge in [-0.25, -0.2) is 4.99 Å². The van der Waals surface area contributed by atoms with Crippen molar-refractivity contribution in [1.82, 2.24) is 4.90 Å². The summed E-state index contributed by atoms with van der Waals surface area (Å²) in [6.45, 7) is 0. The van der Waals surface area contributed by atoms with Crippen LogP contribution in [-0.4, -0.2) is 42.2 Å². The predicted molar refractivity (Wildman–Crippen MR) is 64.4 cm³/mol. The summed E-state index contributed by atoms with van der Waals surface area (Å²) in [7, 11) is 8.41. The lowest BCUT2D eigenvalue weighted by Gasteiger charge is -2.02. The Morgan fingerprint density at radius 1 is 1.50 bits per heavy atom. The zero-order valence-electron chi connectivity index (χ0n) is 7.22. The van der Waals surface area contributed by atoms with Crippen LogP contribution in [0.15, 0.2) is 9.98 Å². The van der Waals surface area contributed by atoms with Gasteiger partial charge in [-0.2, -0.15) is 0 Å². The van der Waals surface area contributed by atoms with Gasteiger partial charge in [-0.05, 0) is 21.6 Å². The minimum absolute atomic E-state index is 0.717. The molecule has 0 unspecified atom stereocenters. The smallest absolute Gasteiger partial charge is 0.195 e. The first-order valence-electron chi connectivity index (χ1n) is 3.15. The Balaban J connectivity index is 3.92. The van der Waals surface area contributed by atoms with Crippen LogP contribution in [0.2, 0.25) is 0 Å². The molecule has 0 spiro atoms. The SMILES string of the molecule is C/N=C(/N=C/N(C)C)SSC=S. The maximum absolute atomic E-state index is 4.65. The Hall–Kier alpha value is -0.0700. The standard InChI is InChI=1S/C6H11N3S3/c1-7-6(12-11-5-10)8-4-9(2)3/h4-5H,1-3H3/b7-6-,8-4+. The van der Waals surface area contributed by atoms with Crippen LogP contribution in [0.1, 0.15) is 0 Å². The predicted octanol–water partition coefficient (Wildman–Crippen LogP) is 1.90. The van der Waals surface area contributed by atoms with Crippen molar-refractivity contribution >= 4 is 50.0 Å². The van der Waals surface area contributed by atoms with Crippen molar-refractivity contribution in [2.24, 2.45) is 9.98 Å². The molecule has 0 bridgehead atoms. The van der Waals surface area contributed by atoms with Crippen LogP contribution in [0.5, 0.6) is 0 Å². The first-order chi connectivity index (χ1) is 5.70. The van der Waals surface area contributed by atoms with E-state index >= 15 is 0 Å². The average molecular weight is 221 g/mol. The summed E-state index contributed by atoms with van der Waals surface area (Å²) in [5.41, 5.74) is 0. The summed E-state index contributed by atoms with van der Waals surface area (Å²) in [6.07, 6.45) is 1.71. The normalized spacial score (nSPS) is 12.1. The van der Waals surface area contributed by atoms with E-state index in [4.69, 9.17) is 0 Å². The fourth-order valence-electron chi connectivity index (χ4n) is 0.344. The topological polar surface area (TPSA) is 28.0 Å². The molecule has 0 N–H and O–H groups in total. The second-order valence-electron chi connectivity index (χ2n) is 1.99. The number of rotatable bonds is 3. The van der Waals surface area contributed by atoms with Gasteiger partial charge in [-0.3, -0.25) is 4.99 Å². The van der Waals surface area contributed by atoms with Gasteiger partial charge in [-0.1, -0.05) is 12.2 Å². The molecule has 12 heavy (non-hydrogen) atoms. The Bertz CT molecular complexity index is 188. The molecule has 3 nitrogen and oxygen atoms in total. The number of aliphatic imine (C=N–C) groups is 2. The molecule has 0 saturated heterocycles. The maximum atomic E-state index is 4.65. The summed E-state index contributed by atoms with van der Waals surface area (Å²) >= 11 is 4.65. The van der Waals surface area contributed by atoms with Crippen LogP contribution < -0.4 is 0 Å². The van der Waals surface area contributed by atoms with Crippen LogP contribution in [0, 0.1) is 0 Å². The molecule has 6 heteroatoms. The van der Waals surface area contributed by atoms with Crippen LogP contribution in [-0.2, 0) is 0 Å². The number of hydrogen-bond acceptors (Lipinski definition) is 4. The van der Waals surface area contributed by atoms with E-state index in [1.54, 1.807) is 18.1 Å². The minimum atomic E-state index is 0.717. The van der Waals surface area contributed by atoms with E-state index in [9.17, 15) is 0 Å². The van der Waals surface area contributed by atoms with Crippen molar-refractivity contribution in [2.45, 2.75) is 0 Å². The summed E-state index contributed by atoms with van der Waals surface area (Å²) in [5.74, 6) is 0. The molecule has 0 heterocycles. The van der Waals surface area contributed by atoms with Gasteiger partial charge < -0.3 is 4.90 Å². The molecule has 0 amide bonds. The molecule has 0 saturated carbocycles. The second kappa shape index (κ2) is 7.57. The Morgan fingerprint density at radius 3 is 2.58 bits per heavy atom. The zero-order valence-corrected chi connectivity index (χ0v) is 9.67. The molecule has 0 radical (unpaired) electrons. The monoisotopic (exact) mass is 221 g/mol. The third-order valence-electron chi connectivity index (χ3n) is 0.752. The van der Waals surface area contributed by atoms with E-state index < -0.39 is 0 Å². The van der Waals surface area contributed by atoms with Crippen LogP contribution in [0.4, 0.5) is 0 Å². The van der Waals surface area contributed by atoms with Crippen molar-refractivity contribution in [3.8, 4) is 0 Å². The summed E-state index contributed by atoms with van der Waals surface area (Å²) < 4.78 is 1.58. The van der Waals surface area contributed by atoms with E-state index in [-0.39, 0.29) is 0 Å². The van der Waals surface area contributed by atoms with E-state index in [1.807, 2.05) is 19.0 Å². The van der Waals surface area contributed by atoms with Gasteiger partial charge in [0.1, 0.15) is 0 Å². The van der Waals surface area contributed by atoms with E-state index in [0.717, 1.165) is 5.17 Å². The molecule has 68 valence electrons. The van der Waals surface area contributed by atoms with E-state index in [0.29, 0.717) is 0 Å². The number of thiocarbonyl (C=S) groups is 1. The molecule has 0 aromatic carbocycles. The summed E-state index contributed by atoms with van der Waals surface area (Å²) in [4.78, 5) is 9.93. The molecular formula is C6H11N3S3. The van der Waals surface area contributed by atoms with Crippen LogP contribution in [0.25, 0.3) is 0 Å². The molecule has 0 atom stereocenters. The van der Waals surface area contributed by atoms with Gasteiger partial charge in [-0.15, -0.1) is 0 Å². The molecular weight excluding hydrogens is 210 g/mol. The highest BCUT2D eigenvalue weighted by molar-refractivity contribution is 8.87. The fraction of sp³-hybridized carbons (Fsp3) is 0.500. The Kier molecular flexibility index (Phi) is 7.53. The largest absolute Gasteiger partial charge is 0.369 e. The van der Waals surface area contributed by atoms with Crippen molar-refractivity contribution in [2.75, 3.05) is 21.1 Å². The highest BCUT2D eigenvalue weighted by Crippen LogP contribution is 2.20. The summed E-state index contributed by atoms with van der Waals surface area (Å²) in [5, 5.41) is 0.717. The highest BCUT2D eigenvalue weighted by Gasteiger charge is 1.93. The van der Waals surface area contributed by atoms with Gasteiger partial charge >= 0.3 is 0 Å². The lowest BCUT2D eigenvalue weighted by Crippen LogP contribution is -2.08. The average Bonchev–Trinajstić information content (AvgIpc) is 2.05. The molecule has 0 aromatic heterocycles. The first kappa shape index (κ1) is 11.9. The second-order valence-corrected chi connectivity index (χ2v) is 4.56. The van der Waals surface area contributed by atoms with Gasteiger partial charge in [0.15, 0.2) is 5.17 Å². The first-order valence-corrected chi connectivity index (χ1v) is 5.83. The highest BCUT2D eigenvalue weighted by atomic mass is 33.1. The molecule has 0 fully saturated rings. The Morgan fingerprint density at radius 2 is 2.17 bits per heavy atom. The maximum Gasteiger partial charge on any atom is 0.195 e. The number of amidine groups is 1. The van der Waals surface area contributed by atoms with Crippen molar-refractivity contribution < 1.29 is 0 Å². The molecule has 0 aliphatic carbocycles. The third kappa shape index (κ3) is 6.63. The lowest BCUT2D eigenvalue weighted by molar-refractivity contribution is 0.644. The molecule has 0 rings (SSSR count). The van der Waals surface area contributed by atoms with Crippen LogP contribution >= 0.6 is 33.8 Å². The van der Waals surface area contributed by atoms with Gasteiger partial charge in [0.25, 0.3) is 0 Å². The van der Waals surface area contributed by atoms with Gasteiger partial charge in [0, 0.05) is 25.8 Å². The van der Waals surface area contributed by atoms with E-state index in [1.165, 1.54) is 21.6 Å². The minimum Gasteiger partial charge on any atom is -0.369 e. The molecule has 0 aliphatic rings. The lowest BCUT2D eigenvalue weighted by atomic mass is 10.9. The van der Waals surface area contributed by atoms with Crippen LogP contribution in [0.3, 0.4) is 0 Å². The van der Waals surface area contributed by atoms with Crippen molar-refractivity contribution in [3.05, 3.63) is 0 Å². The molecule has 0 aromatic rings. The van der Waals surface area contributed by atoms with Gasteiger partial charge in [0.2, 0.25) is 0 Å². The van der Waals surface area contributed by atoms with Crippen molar-refractivity contribution in [1.29, 1.82) is 0 Å². The van der Waals surface area contributed by atoms with Gasteiger partial charge in [0.05, 0.1) is 6.34 Å². The van der Waals surface area contributed by atoms with Crippen molar-refractivity contribution in [3.63, 3.8) is 0 Å². The fourth-order valence-corrected chi connectivity index (χ4v) is 1.72. The molecule has 0 aliphatic heterocycles. The van der Waals surface area contributed by atoms with E-state index in [2.05, 4.69) is 22.2 Å². The Labute approximate surface area is 86.1 Å². The zero-order chi connectivity index (χ0) is 9.40. The quantitative estimate of drug-likeness (QED) is 0.315. The third-order valence-corrected chi connectivity index (χ3v) is 3.04. The number of hydrogen-bond donors (Lipinski definition) is 0. The summed E-state index contributed by atoms with van der Waals surface area (Å²) in [6, 6.07) is 0.